The molecule has 2 rings (SSSR count). The van der Waals surface area contributed by atoms with Gasteiger partial charge in [0.15, 0.2) is 0 Å². The van der Waals surface area contributed by atoms with Crippen LogP contribution in [0.3, 0.4) is 0 Å². The standard InChI is InChI=1S/C18H21NO3/c1-12-8-9-13(2)15(10-12)18(21)19-11-16(20)14-6-4-5-7-17(14)22-3/h4-10,16,20H,11H2,1-3H3,(H,19,21)/t16-/m0/s1. The Hall–Kier alpha value is -2.33. The summed E-state index contributed by atoms with van der Waals surface area (Å²) < 4.78 is 5.22. The van der Waals surface area contributed by atoms with E-state index in [4.69, 9.17) is 4.74 Å². The molecule has 0 radical (unpaired) electrons. The number of benzene rings is 2. The van der Waals surface area contributed by atoms with Gasteiger partial charge in [-0.15, -0.1) is 0 Å². The first-order valence-corrected chi connectivity index (χ1v) is 7.19. The van der Waals surface area contributed by atoms with Crippen LogP contribution in [0.5, 0.6) is 5.75 Å². The van der Waals surface area contributed by atoms with Crippen LogP contribution >= 0.6 is 0 Å². The number of ether oxygens (including phenoxy) is 1. The van der Waals surface area contributed by atoms with Crippen molar-refractivity contribution in [2.75, 3.05) is 13.7 Å². The Bertz CT molecular complexity index is 667. The third-order valence-electron chi connectivity index (χ3n) is 3.59. The SMILES string of the molecule is COc1ccccc1[C@@H](O)CNC(=O)c1cc(C)ccc1C. The summed E-state index contributed by atoms with van der Waals surface area (Å²) in [6.45, 7) is 3.97. The fourth-order valence-corrected chi connectivity index (χ4v) is 2.32. The second kappa shape index (κ2) is 7.09. The number of amides is 1. The molecule has 0 saturated heterocycles. The number of aryl methyl sites for hydroxylation is 2. The maximum atomic E-state index is 12.3. The molecule has 0 fully saturated rings. The predicted molar refractivity (Wildman–Crippen MR) is 86.2 cm³/mol. The van der Waals surface area contributed by atoms with Crippen molar-refractivity contribution in [1.29, 1.82) is 0 Å². The van der Waals surface area contributed by atoms with Gasteiger partial charge < -0.3 is 15.2 Å². The van der Waals surface area contributed by atoms with Crippen molar-refractivity contribution >= 4 is 5.91 Å². The van der Waals surface area contributed by atoms with Gasteiger partial charge >= 0.3 is 0 Å². The Balaban J connectivity index is 2.06. The van der Waals surface area contributed by atoms with Crippen LogP contribution in [0.25, 0.3) is 0 Å². The lowest BCUT2D eigenvalue weighted by Gasteiger charge is -2.16. The van der Waals surface area contributed by atoms with E-state index in [9.17, 15) is 9.90 Å². The number of carbonyl (C=O) groups excluding carboxylic acids is 1. The van der Waals surface area contributed by atoms with Crippen LogP contribution in [0.2, 0.25) is 0 Å². The summed E-state index contributed by atoms with van der Waals surface area (Å²) in [5, 5.41) is 13.0. The maximum absolute atomic E-state index is 12.3. The zero-order valence-corrected chi connectivity index (χ0v) is 13.1. The lowest BCUT2D eigenvalue weighted by Crippen LogP contribution is -2.29. The normalized spacial score (nSPS) is 11.8. The Morgan fingerprint density at radius 2 is 1.95 bits per heavy atom. The van der Waals surface area contributed by atoms with Crippen LogP contribution in [0.4, 0.5) is 0 Å². The summed E-state index contributed by atoms with van der Waals surface area (Å²) in [6.07, 6.45) is -0.815. The number of aliphatic hydroxyl groups excluding tert-OH is 1. The van der Waals surface area contributed by atoms with E-state index in [1.54, 1.807) is 19.2 Å². The van der Waals surface area contributed by atoms with Crippen molar-refractivity contribution in [3.05, 3.63) is 64.7 Å². The van der Waals surface area contributed by atoms with Gasteiger partial charge in [-0.3, -0.25) is 4.79 Å². The molecule has 0 saturated carbocycles. The molecule has 0 aliphatic rings. The molecule has 22 heavy (non-hydrogen) atoms. The highest BCUT2D eigenvalue weighted by molar-refractivity contribution is 5.95. The number of nitrogens with one attached hydrogen (secondary N) is 1. The predicted octanol–water partition coefficient (Wildman–Crippen LogP) is 2.78. The molecule has 4 heteroatoms. The van der Waals surface area contributed by atoms with Crippen LogP contribution < -0.4 is 10.1 Å². The molecule has 116 valence electrons. The lowest BCUT2D eigenvalue weighted by molar-refractivity contribution is 0.0914. The van der Waals surface area contributed by atoms with Gasteiger partial charge in [0.25, 0.3) is 5.91 Å². The molecule has 1 atom stereocenters. The van der Waals surface area contributed by atoms with E-state index < -0.39 is 6.10 Å². The number of hydrogen-bond acceptors (Lipinski definition) is 3. The number of methoxy groups -OCH3 is 1. The number of hydrogen-bond donors (Lipinski definition) is 2. The highest BCUT2D eigenvalue weighted by Crippen LogP contribution is 2.24. The first kappa shape index (κ1) is 16.0. The van der Waals surface area contributed by atoms with Gasteiger partial charge in [-0.05, 0) is 31.5 Å². The van der Waals surface area contributed by atoms with Gasteiger partial charge in [0.2, 0.25) is 0 Å². The Kier molecular flexibility index (Phi) is 5.17. The molecular weight excluding hydrogens is 278 g/mol. The van der Waals surface area contributed by atoms with Gasteiger partial charge in [-0.25, -0.2) is 0 Å². The van der Waals surface area contributed by atoms with Crippen molar-refractivity contribution < 1.29 is 14.6 Å². The Morgan fingerprint density at radius 3 is 2.68 bits per heavy atom. The molecule has 2 aromatic carbocycles. The topological polar surface area (TPSA) is 58.6 Å². The average Bonchev–Trinajstić information content (AvgIpc) is 2.54. The van der Waals surface area contributed by atoms with Crippen LogP contribution in [0.1, 0.15) is 33.2 Å². The number of rotatable bonds is 5. The Morgan fingerprint density at radius 1 is 1.23 bits per heavy atom. The number of carbonyl (C=O) groups is 1. The summed E-state index contributed by atoms with van der Waals surface area (Å²) in [5.41, 5.74) is 3.23. The fraction of sp³-hybridized carbons (Fsp3) is 0.278. The van der Waals surface area contributed by atoms with E-state index in [-0.39, 0.29) is 12.5 Å². The van der Waals surface area contributed by atoms with E-state index in [1.807, 2.05) is 44.2 Å². The molecular formula is C18H21NO3. The van der Waals surface area contributed by atoms with Crippen molar-refractivity contribution in [2.24, 2.45) is 0 Å². The quantitative estimate of drug-likeness (QED) is 0.892. The average molecular weight is 299 g/mol. The van der Waals surface area contributed by atoms with E-state index in [0.717, 1.165) is 11.1 Å². The van der Waals surface area contributed by atoms with Gasteiger partial charge in [0.05, 0.1) is 13.2 Å². The first-order chi connectivity index (χ1) is 10.5. The van der Waals surface area contributed by atoms with Crippen LogP contribution in [-0.4, -0.2) is 24.7 Å². The largest absolute Gasteiger partial charge is 0.496 e. The third-order valence-corrected chi connectivity index (χ3v) is 3.59. The molecule has 0 spiro atoms. The fourth-order valence-electron chi connectivity index (χ4n) is 2.32. The highest BCUT2D eigenvalue weighted by atomic mass is 16.5. The van der Waals surface area contributed by atoms with Gasteiger partial charge in [0, 0.05) is 17.7 Å². The molecule has 4 nitrogen and oxygen atoms in total. The number of para-hydroxylation sites is 1. The second-order valence-corrected chi connectivity index (χ2v) is 5.29. The monoisotopic (exact) mass is 299 g/mol. The zero-order chi connectivity index (χ0) is 16.1. The summed E-state index contributed by atoms with van der Waals surface area (Å²) in [4.78, 5) is 12.3. The van der Waals surface area contributed by atoms with Crippen LogP contribution in [-0.2, 0) is 0 Å². The minimum atomic E-state index is -0.815. The maximum Gasteiger partial charge on any atom is 0.251 e. The van der Waals surface area contributed by atoms with Crippen molar-refractivity contribution in [3.8, 4) is 5.75 Å². The van der Waals surface area contributed by atoms with Gasteiger partial charge in [-0.2, -0.15) is 0 Å². The van der Waals surface area contributed by atoms with Crippen LogP contribution in [0.15, 0.2) is 42.5 Å². The van der Waals surface area contributed by atoms with E-state index in [0.29, 0.717) is 16.9 Å². The minimum absolute atomic E-state index is 0.132. The van der Waals surface area contributed by atoms with Crippen molar-refractivity contribution in [1.82, 2.24) is 5.32 Å². The van der Waals surface area contributed by atoms with Gasteiger partial charge in [-0.1, -0.05) is 35.9 Å². The highest BCUT2D eigenvalue weighted by Gasteiger charge is 2.15. The van der Waals surface area contributed by atoms with E-state index in [2.05, 4.69) is 5.32 Å². The Labute approximate surface area is 130 Å². The lowest BCUT2D eigenvalue weighted by atomic mass is 10.0. The van der Waals surface area contributed by atoms with E-state index >= 15 is 0 Å². The molecule has 0 unspecified atom stereocenters. The smallest absolute Gasteiger partial charge is 0.251 e. The molecule has 0 heterocycles. The van der Waals surface area contributed by atoms with Gasteiger partial charge in [0.1, 0.15) is 5.75 Å². The van der Waals surface area contributed by atoms with Crippen LogP contribution in [0, 0.1) is 13.8 Å². The first-order valence-electron chi connectivity index (χ1n) is 7.19. The summed E-state index contributed by atoms with van der Waals surface area (Å²) in [7, 11) is 1.56. The third kappa shape index (κ3) is 3.65. The van der Waals surface area contributed by atoms with Crippen molar-refractivity contribution in [2.45, 2.75) is 20.0 Å². The molecule has 1 amide bonds. The van der Waals surface area contributed by atoms with E-state index in [1.165, 1.54) is 0 Å². The molecule has 0 bridgehead atoms. The molecule has 2 N–H and O–H groups in total. The second-order valence-electron chi connectivity index (χ2n) is 5.29. The molecule has 2 aromatic rings. The van der Waals surface area contributed by atoms with Crippen molar-refractivity contribution in [3.63, 3.8) is 0 Å². The molecule has 0 aliphatic heterocycles. The minimum Gasteiger partial charge on any atom is -0.496 e. The zero-order valence-electron chi connectivity index (χ0n) is 13.1. The summed E-state index contributed by atoms with van der Waals surface area (Å²) >= 11 is 0. The summed E-state index contributed by atoms with van der Waals surface area (Å²) in [6, 6.07) is 13.0. The summed E-state index contributed by atoms with van der Waals surface area (Å²) in [5.74, 6) is 0.422. The number of aliphatic hydroxyl groups is 1. The molecule has 0 aliphatic carbocycles. The molecule has 0 aromatic heterocycles.